The summed E-state index contributed by atoms with van der Waals surface area (Å²) < 4.78 is 13.0. The van der Waals surface area contributed by atoms with Gasteiger partial charge in [-0.2, -0.15) is 0 Å². The Labute approximate surface area is 123 Å². The van der Waals surface area contributed by atoms with Crippen molar-refractivity contribution in [2.45, 2.75) is 38.3 Å². The lowest BCUT2D eigenvalue weighted by Crippen LogP contribution is -2.29. The number of halogens is 1. The predicted molar refractivity (Wildman–Crippen MR) is 80.7 cm³/mol. The number of aryl methyl sites for hydroxylation is 1. The number of H-pyrrole nitrogens is 1. The Hall–Kier alpha value is -1.94. The molecule has 0 aliphatic heterocycles. The first kappa shape index (κ1) is 14.0. The summed E-state index contributed by atoms with van der Waals surface area (Å²) in [5.74, 6) is -0.216. The highest BCUT2D eigenvalue weighted by Gasteiger charge is 2.22. The zero-order chi connectivity index (χ0) is 14.8. The Morgan fingerprint density at radius 3 is 2.76 bits per heavy atom. The molecule has 0 bridgehead atoms. The first-order chi connectivity index (χ1) is 10.1. The molecule has 2 aromatic rings. The molecule has 1 aromatic carbocycles. The number of hydrogen-bond acceptors (Lipinski definition) is 2. The lowest BCUT2D eigenvalue weighted by molar-refractivity contribution is 0.411. The van der Waals surface area contributed by atoms with Crippen LogP contribution in [0.4, 0.5) is 4.39 Å². The molecule has 0 amide bonds. The molecular weight excluding hydrogens is 267 g/mol. The molecule has 110 valence electrons. The van der Waals surface area contributed by atoms with Crippen molar-refractivity contribution in [1.82, 2.24) is 10.3 Å². The Morgan fingerprint density at radius 2 is 2.00 bits per heavy atom. The number of aromatic nitrogens is 1. The summed E-state index contributed by atoms with van der Waals surface area (Å²) in [5, 5.41) is 3.59. The van der Waals surface area contributed by atoms with E-state index in [-0.39, 0.29) is 23.5 Å². The van der Waals surface area contributed by atoms with E-state index < -0.39 is 0 Å². The third kappa shape index (κ3) is 3.05. The van der Waals surface area contributed by atoms with Gasteiger partial charge in [0.2, 0.25) is 5.56 Å². The van der Waals surface area contributed by atoms with E-state index in [9.17, 15) is 9.18 Å². The largest absolute Gasteiger partial charge is 0.326 e. The third-order valence-electron chi connectivity index (χ3n) is 4.15. The van der Waals surface area contributed by atoms with Crippen molar-refractivity contribution >= 4 is 0 Å². The number of aromatic amines is 1. The van der Waals surface area contributed by atoms with E-state index in [0.29, 0.717) is 0 Å². The van der Waals surface area contributed by atoms with E-state index in [1.807, 2.05) is 18.2 Å². The van der Waals surface area contributed by atoms with Gasteiger partial charge in [0.15, 0.2) is 0 Å². The highest BCUT2D eigenvalue weighted by Crippen LogP contribution is 2.30. The van der Waals surface area contributed by atoms with Crippen LogP contribution < -0.4 is 10.9 Å². The van der Waals surface area contributed by atoms with E-state index >= 15 is 0 Å². The van der Waals surface area contributed by atoms with Crippen molar-refractivity contribution in [1.29, 1.82) is 0 Å². The molecule has 0 radical (unpaired) electrons. The number of rotatable bonds is 3. The summed E-state index contributed by atoms with van der Waals surface area (Å²) in [4.78, 5) is 14.3. The molecule has 2 N–H and O–H groups in total. The Bertz CT molecular complexity index is 678. The van der Waals surface area contributed by atoms with E-state index in [4.69, 9.17) is 0 Å². The lowest BCUT2D eigenvalue weighted by Gasteiger charge is -2.29. The van der Waals surface area contributed by atoms with Gasteiger partial charge in [0.05, 0.1) is 0 Å². The van der Waals surface area contributed by atoms with Gasteiger partial charge in [-0.3, -0.25) is 4.79 Å². The highest BCUT2D eigenvalue weighted by molar-refractivity contribution is 5.27. The van der Waals surface area contributed by atoms with E-state index in [2.05, 4.69) is 17.2 Å². The average Bonchev–Trinajstić information content (AvgIpc) is 2.47. The molecule has 21 heavy (non-hydrogen) atoms. The second-order valence-corrected chi connectivity index (χ2v) is 5.64. The quantitative estimate of drug-likeness (QED) is 0.909. The number of nitrogens with one attached hydrogen (secondary N) is 2. The Balaban J connectivity index is 1.80. The molecule has 3 rings (SSSR count). The molecular formula is C17H19FN2O. The van der Waals surface area contributed by atoms with Crippen molar-refractivity contribution in [2.24, 2.45) is 0 Å². The first-order valence-electron chi connectivity index (χ1n) is 7.37. The maximum Gasteiger partial charge on any atom is 0.248 e. The standard InChI is InChI=1S/C17H19FN2O/c1-11(12-5-7-13(18)8-6-12)19-15-3-2-4-16-14(15)9-10-17(21)20-16/h5-11,15,19H,2-4H2,1H3,(H,20,21)/t11-,15?/m1/s1. The van der Waals surface area contributed by atoms with Crippen LogP contribution >= 0.6 is 0 Å². The van der Waals surface area contributed by atoms with Crippen LogP contribution in [0, 0.1) is 5.82 Å². The smallest absolute Gasteiger partial charge is 0.248 e. The zero-order valence-electron chi connectivity index (χ0n) is 12.0. The molecule has 1 unspecified atom stereocenters. The summed E-state index contributed by atoms with van der Waals surface area (Å²) >= 11 is 0. The molecule has 1 aliphatic carbocycles. The van der Waals surface area contributed by atoms with Crippen molar-refractivity contribution in [3.05, 3.63) is 69.4 Å². The van der Waals surface area contributed by atoms with Crippen molar-refractivity contribution in [2.75, 3.05) is 0 Å². The SMILES string of the molecule is C[C@@H](NC1CCCc2[nH]c(=O)ccc21)c1ccc(F)cc1. The van der Waals surface area contributed by atoms with Crippen LogP contribution in [-0.4, -0.2) is 4.98 Å². The Kier molecular flexibility index (Phi) is 3.88. The number of benzene rings is 1. The van der Waals surface area contributed by atoms with Gasteiger partial charge in [0.25, 0.3) is 0 Å². The van der Waals surface area contributed by atoms with Gasteiger partial charge in [-0.25, -0.2) is 4.39 Å². The molecule has 0 saturated heterocycles. The summed E-state index contributed by atoms with van der Waals surface area (Å²) in [7, 11) is 0. The molecule has 0 saturated carbocycles. The molecule has 3 nitrogen and oxygen atoms in total. The first-order valence-corrected chi connectivity index (χ1v) is 7.37. The van der Waals surface area contributed by atoms with Gasteiger partial charge in [-0.05, 0) is 49.4 Å². The van der Waals surface area contributed by atoms with Crippen molar-refractivity contribution < 1.29 is 4.39 Å². The lowest BCUT2D eigenvalue weighted by atomic mass is 9.90. The van der Waals surface area contributed by atoms with Gasteiger partial charge >= 0.3 is 0 Å². The van der Waals surface area contributed by atoms with E-state index in [1.165, 1.54) is 17.7 Å². The fourth-order valence-electron chi connectivity index (χ4n) is 3.02. The number of hydrogen-bond donors (Lipinski definition) is 2. The molecule has 2 atom stereocenters. The van der Waals surface area contributed by atoms with Crippen LogP contribution in [0.2, 0.25) is 0 Å². The fraction of sp³-hybridized carbons (Fsp3) is 0.353. The van der Waals surface area contributed by atoms with Crippen LogP contribution in [0.3, 0.4) is 0 Å². The minimum atomic E-state index is -0.216. The van der Waals surface area contributed by atoms with Crippen LogP contribution in [0.25, 0.3) is 0 Å². The fourth-order valence-corrected chi connectivity index (χ4v) is 3.02. The zero-order valence-corrected chi connectivity index (χ0v) is 12.0. The topological polar surface area (TPSA) is 44.9 Å². The second kappa shape index (κ2) is 5.82. The normalized spacial score (nSPS) is 19.0. The molecule has 4 heteroatoms. The predicted octanol–water partition coefficient (Wildman–Crippen LogP) is 3.24. The summed E-state index contributed by atoms with van der Waals surface area (Å²) in [6.07, 6.45) is 3.03. The van der Waals surface area contributed by atoms with Gasteiger partial charge in [-0.15, -0.1) is 0 Å². The molecule has 1 aromatic heterocycles. The van der Waals surface area contributed by atoms with Gasteiger partial charge in [0.1, 0.15) is 5.82 Å². The van der Waals surface area contributed by atoms with Gasteiger partial charge in [0, 0.05) is 23.8 Å². The molecule has 1 aliphatic rings. The second-order valence-electron chi connectivity index (χ2n) is 5.64. The minimum Gasteiger partial charge on any atom is -0.326 e. The van der Waals surface area contributed by atoms with Crippen LogP contribution in [0.15, 0.2) is 41.2 Å². The van der Waals surface area contributed by atoms with Crippen LogP contribution in [0.1, 0.15) is 48.7 Å². The van der Waals surface area contributed by atoms with Gasteiger partial charge < -0.3 is 10.3 Å². The molecule has 0 spiro atoms. The van der Waals surface area contributed by atoms with Crippen molar-refractivity contribution in [3.63, 3.8) is 0 Å². The minimum absolute atomic E-state index is 0.0408. The Morgan fingerprint density at radius 1 is 1.24 bits per heavy atom. The van der Waals surface area contributed by atoms with Gasteiger partial charge in [-0.1, -0.05) is 18.2 Å². The maximum atomic E-state index is 13.0. The molecule has 1 heterocycles. The number of fused-ring (bicyclic) bond motifs is 1. The summed E-state index contributed by atoms with van der Waals surface area (Å²) in [6, 6.07) is 10.5. The summed E-state index contributed by atoms with van der Waals surface area (Å²) in [6.45, 7) is 2.08. The van der Waals surface area contributed by atoms with Crippen LogP contribution in [-0.2, 0) is 6.42 Å². The van der Waals surface area contributed by atoms with E-state index in [1.54, 1.807) is 6.07 Å². The third-order valence-corrected chi connectivity index (χ3v) is 4.15. The maximum absolute atomic E-state index is 13.0. The monoisotopic (exact) mass is 286 g/mol. The highest BCUT2D eigenvalue weighted by atomic mass is 19.1. The average molecular weight is 286 g/mol. The molecule has 0 fully saturated rings. The summed E-state index contributed by atoms with van der Waals surface area (Å²) in [5.41, 5.74) is 3.24. The van der Waals surface area contributed by atoms with E-state index in [0.717, 1.165) is 30.5 Å². The van der Waals surface area contributed by atoms with Crippen LogP contribution in [0.5, 0.6) is 0 Å². The van der Waals surface area contributed by atoms with Crippen molar-refractivity contribution in [3.8, 4) is 0 Å². The number of pyridine rings is 1.